The van der Waals surface area contributed by atoms with Crippen LogP contribution in [0.25, 0.3) is 21.8 Å². The van der Waals surface area contributed by atoms with Crippen LogP contribution in [0.2, 0.25) is 0 Å². The average Bonchev–Trinajstić information content (AvgIpc) is 2.03. The summed E-state index contributed by atoms with van der Waals surface area (Å²) in [6.45, 7) is 50.5. The molecule has 0 atom stereocenters. The van der Waals surface area contributed by atoms with E-state index < -0.39 is 0 Å². The van der Waals surface area contributed by atoms with E-state index in [1.54, 1.807) is 60.8 Å². The van der Waals surface area contributed by atoms with E-state index in [0.29, 0.717) is 42.0 Å². The summed E-state index contributed by atoms with van der Waals surface area (Å²) in [5.41, 5.74) is 2.53. The number of amides is 2. The molecule has 1 saturated heterocycles. The zero-order chi connectivity index (χ0) is 69.2. The Balaban J connectivity index is 0.000000987. The molecule has 92 heavy (non-hydrogen) atoms. The quantitative estimate of drug-likeness (QED) is 0.0874. The molecule has 0 aliphatic carbocycles. The maximum absolute atomic E-state index is 10.8. The van der Waals surface area contributed by atoms with E-state index in [4.69, 9.17) is 0 Å². The molecule has 22 heteroatoms. The third-order valence-corrected chi connectivity index (χ3v) is 11.1. The summed E-state index contributed by atoms with van der Waals surface area (Å²) >= 11 is 0. The van der Waals surface area contributed by atoms with Crippen LogP contribution in [-0.2, 0) is 0 Å². The minimum atomic E-state index is 0.0741. The van der Waals surface area contributed by atoms with E-state index in [0.717, 1.165) is 42.5 Å². The number of hydrogen-bond donors (Lipinski definition) is 6. The largest absolute Gasteiger partial charge is 0.361 e. The molecule has 11 aromatic rings. The molecule has 2 aromatic carbocycles. The van der Waals surface area contributed by atoms with Gasteiger partial charge < -0.3 is 29.3 Å². The molecule has 22 nitrogen and oxygen atoms in total. The number of H-pyrrole nitrogens is 5. The second-order valence-electron chi connectivity index (χ2n) is 24.9. The number of benzene rings is 2. The van der Waals surface area contributed by atoms with Gasteiger partial charge in [0.2, 0.25) is 0 Å². The maximum atomic E-state index is 10.8. The van der Waals surface area contributed by atoms with Crippen molar-refractivity contribution in [3.8, 4) is 0 Å². The maximum Gasteiger partial charge on any atom is 0.317 e. The first-order valence-corrected chi connectivity index (χ1v) is 32.2. The highest BCUT2D eigenvalue weighted by atomic mass is 16.2. The Kier molecular flexibility index (Phi) is 45.8. The molecule has 2 amide bonds. The second kappa shape index (κ2) is 50.8. The molecule has 10 heterocycles. The zero-order valence-corrected chi connectivity index (χ0v) is 60.0. The minimum Gasteiger partial charge on any atom is -0.361 e. The summed E-state index contributed by atoms with van der Waals surface area (Å²) in [5, 5.41) is 32.5. The molecule has 0 unspecified atom stereocenters. The van der Waals surface area contributed by atoms with Crippen LogP contribution in [0.4, 0.5) is 4.79 Å². The number of para-hydroxylation sites is 2. The van der Waals surface area contributed by atoms with Crippen molar-refractivity contribution in [3.63, 3.8) is 0 Å². The highest BCUT2D eigenvalue weighted by molar-refractivity contribution is 5.80. The van der Waals surface area contributed by atoms with Crippen molar-refractivity contribution >= 4 is 27.8 Å². The molecule has 9 aromatic heterocycles. The van der Waals surface area contributed by atoms with Gasteiger partial charge in [-0.3, -0.25) is 24.7 Å². The number of aromatic amines is 5. The number of carbonyl (C=O) groups is 1. The number of imidazole rings is 2. The first-order chi connectivity index (χ1) is 43.7. The predicted molar refractivity (Wildman–Crippen MR) is 381 cm³/mol. The number of nitrogens with one attached hydrogen (secondary N) is 6. The molecular formula is C70H117N21O. The van der Waals surface area contributed by atoms with E-state index in [1.165, 1.54) is 34.5 Å². The van der Waals surface area contributed by atoms with Crippen LogP contribution in [0.15, 0.2) is 173 Å². The first-order valence-electron chi connectivity index (χ1n) is 32.2. The van der Waals surface area contributed by atoms with Crippen LogP contribution < -0.4 is 5.32 Å². The first kappa shape index (κ1) is 83.1. The van der Waals surface area contributed by atoms with Crippen LogP contribution >= 0.6 is 0 Å². The molecule has 1 fully saturated rings. The van der Waals surface area contributed by atoms with Gasteiger partial charge in [-0.2, -0.15) is 25.5 Å². The van der Waals surface area contributed by atoms with Crippen LogP contribution in [-0.4, -0.2) is 124 Å². The van der Waals surface area contributed by atoms with Gasteiger partial charge in [0.05, 0.1) is 12.7 Å². The fourth-order valence-electron chi connectivity index (χ4n) is 6.59. The number of nitrogens with zero attached hydrogens (tertiary/aromatic N) is 15. The lowest BCUT2D eigenvalue weighted by Crippen LogP contribution is -2.33. The third kappa shape index (κ3) is 42.1. The van der Waals surface area contributed by atoms with Crippen molar-refractivity contribution in [1.82, 2.24) is 104 Å². The zero-order valence-electron chi connectivity index (χ0n) is 60.0. The molecule has 0 radical (unpaired) electrons. The lowest BCUT2D eigenvalue weighted by molar-refractivity contribution is 0.206. The van der Waals surface area contributed by atoms with Gasteiger partial charge in [-0.15, -0.1) is 0 Å². The minimum absolute atomic E-state index is 0.0741. The Morgan fingerprint density at radius 2 is 1.04 bits per heavy atom. The van der Waals surface area contributed by atoms with Crippen LogP contribution in [0.3, 0.4) is 0 Å². The Hall–Kier alpha value is -8.95. The Morgan fingerprint density at radius 1 is 0.457 bits per heavy atom. The van der Waals surface area contributed by atoms with Crippen LogP contribution in [0.1, 0.15) is 207 Å². The molecule has 12 rings (SSSR count). The summed E-state index contributed by atoms with van der Waals surface area (Å²) in [5.74, 6) is 5.31. The third-order valence-electron chi connectivity index (χ3n) is 11.1. The number of fused-ring (bicyclic) bond motifs is 2. The molecule has 0 spiro atoms. The normalized spacial score (nSPS) is 10.9. The topological polar surface area (TPSA) is 260 Å². The molecule has 1 aliphatic rings. The van der Waals surface area contributed by atoms with Crippen LogP contribution in [0.5, 0.6) is 0 Å². The molecule has 0 saturated carbocycles. The lowest BCUT2D eigenvalue weighted by atomic mass is 10.2. The predicted octanol–water partition coefficient (Wildman–Crippen LogP) is 17.3. The Labute approximate surface area is 551 Å². The van der Waals surface area contributed by atoms with Gasteiger partial charge in [0.15, 0.2) is 0 Å². The number of aromatic nitrogens is 19. The van der Waals surface area contributed by atoms with Gasteiger partial charge in [-0.25, -0.2) is 29.7 Å². The van der Waals surface area contributed by atoms with Crippen molar-refractivity contribution in [3.05, 3.63) is 184 Å². The van der Waals surface area contributed by atoms with Crippen molar-refractivity contribution in [2.45, 2.75) is 201 Å². The van der Waals surface area contributed by atoms with Gasteiger partial charge in [0, 0.05) is 128 Å². The number of hydrogen-bond acceptors (Lipinski definition) is 11. The van der Waals surface area contributed by atoms with Crippen LogP contribution in [0, 0.1) is 17.8 Å². The van der Waals surface area contributed by atoms with E-state index in [1.807, 2.05) is 72.6 Å². The smallest absolute Gasteiger partial charge is 0.317 e. The summed E-state index contributed by atoms with van der Waals surface area (Å²) in [6.07, 6.45) is 28.3. The van der Waals surface area contributed by atoms with Gasteiger partial charge in [-0.05, 0) is 134 Å². The Bertz CT molecular complexity index is 2870. The monoisotopic (exact) mass is 1270 g/mol. The molecule has 1 aliphatic heterocycles. The average molecular weight is 1270 g/mol. The summed E-state index contributed by atoms with van der Waals surface area (Å²) in [6, 6.07) is 27.1. The van der Waals surface area contributed by atoms with E-state index in [-0.39, 0.29) is 6.03 Å². The van der Waals surface area contributed by atoms with E-state index >= 15 is 0 Å². The number of carbonyl (C=O) groups excluding carboxylic acids is 1. The summed E-state index contributed by atoms with van der Waals surface area (Å²) in [4.78, 5) is 37.8. The molecule has 508 valence electrons. The van der Waals surface area contributed by atoms with Gasteiger partial charge >= 0.3 is 6.03 Å². The van der Waals surface area contributed by atoms with Crippen molar-refractivity contribution < 1.29 is 4.79 Å². The lowest BCUT2D eigenvalue weighted by Gasteiger charge is -2.17. The summed E-state index contributed by atoms with van der Waals surface area (Å²) in [7, 11) is 0. The second-order valence-corrected chi connectivity index (χ2v) is 24.9. The van der Waals surface area contributed by atoms with E-state index in [2.05, 4.69) is 290 Å². The number of urea groups is 1. The van der Waals surface area contributed by atoms with Gasteiger partial charge in [-0.1, -0.05) is 126 Å². The van der Waals surface area contributed by atoms with Gasteiger partial charge in [0.1, 0.15) is 37.0 Å². The fraction of sp³-hybridized carbons (Fsp3) is 0.500. The van der Waals surface area contributed by atoms with Gasteiger partial charge in [0.25, 0.3) is 0 Å². The highest BCUT2D eigenvalue weighted by Gasteiger charge is 2.21. The summed E-state index contributed by atoms with van der Waals surface area (Å²) < 4.78 is 8.06. The fourth-order valence-corrected chi connectivity index (χ4v) is 6.59. The molecular weight excluding hydrogens is 1150 g/mol. The van der Waals surface area contributed by atoms with Crippen molar-refractivity contribution in [2.24, 2.45) is 17.8 Å². The van der Waals surface area contributed by atoms with Crippen molar-refractivity contribution in [1.29, 1.82) is 0 Å². The Morgan fingerprint density at radius 3 is 1.35 bits per heavy atom. The SMILES string of the molecule is CC(C)C.CC(C)C.CC(C)C.CC(C)N1CCNC1=O.CC(C)c1ncn[nH]1.CC(C)c1ncn[nH]1.CC(C)n1ccc2ccccc21.CC(C)n1cccn1.CC(C)n1ccnc1.CC(C)n1cncn1.c1c[nH]cn1.c1ccc2[nH]ccc2c1.c1cn[nH]c1. The number of rotatable bonds is 7. The molecule has 6 N–H and O–H groups in total. The highest BCUT2D eigenvalue weighted by Crippen LogP contribution is 2.19. The standard InChI is InChI=1S/C11H13N.C8H7N.C6H12N2O.2C6H10N2.3C5H9N3.3C4H10.2C3H4N2/c1-9(2)12-8-7-10-5-3-4-6-11(10)12;1-2-4-8-7(3-1)5-6-9-8;1-5(2)8-4-3-7-6(8)9;1-6(2)8-4-3-7-5-8;1-6(2)8-5-3-4-7-8;1-5(2)8-4-6-3-7-8;2*1-4(2)5-6-3-7-8-5;3*1-4(2)3;1-2-5-3-4-1;1-2-4-5-3-1/h3-9H,1-2H3;1-6,9H;5H,3-4H2,1-2H3,(H,7,9);2*3-6H,1-2H3;3-5H,1-2H3;2*3-4H,1-2H3,(H,6,7,8);3*4H,1-3H3;2*1-3H,(H,4,5). The molecule has 0 bridgehead atoms. The van der Waals surface area contributed by atoms with Crippen molar-refractivity contribution in [2.75, 3.05) is 13.1 Å². The van der Waals surface area contributed by atoms with E-state index in [9.17, 15) is 4.79 Å².